The van der Waals surface area contributed by atoms with Crippen LogP contribution in [0.2, 0.25) is 0 Å². The zero-order valence-electron chi connectivity index (χ0n) is 38.2. The molecule has 0 radical (unpaired) electrons. The Morgan fingerprint density at radius 3 is 1.32 bits per heavy atom. The molecule has 0 rings (SSSR count). The summed E-state index contributed by atoms with van der Waals surface area (Å²) in [5.74, 6) is -0.505. The summed E-state index contributed by atoms with van der Waals surface area (Å²) in [5.41, 5.74) is 0. The second-order valence-corrected chi connectivity index (χ2v) is 17.2. The fourth-order valence-electron chi connectivity index (χ4n) is 7.66. The van der Waals surface area contributed by atoms with Gasteiger partial charge in [0, 0.05) is 6.42 Å². The van der Waals surface area contributed by atoms with Crippen LogP contribution < -0.4 is 5.32 Å². The largest absolute Gasteiger partial charge is 0.462 e. The van der Waals surface area contributed by atoms with Gasteiger partial charge in [0.1, 0.15) is 6.10 Å². The van der Waals surface area contributed by atoms with E-state index in [0.717, 1.165) is 64.2 Å². The average Bonchev–Trinajstić information content (AvgIpc) is 3.20. The fraction of sp³-hybridized carbons (Fsp3) is 0.882. The van der Waals surface area contributed by atoms with Gasteiger partial charge in [-0.25, -0.2) is 0 Å². The first kappa shape index (κ1) is 55.3. The molecule has 0 saturated carbocycles. The van der Waals surface area contributed by atoms with Gasteiger partial charge in [0.05, 0.1) is 25.2 Å². The first-order chi connectivity index (χ1) is 28.0. The van der Waals surface area contributed by atoms with Crippen molar-refractivity contribution in [3.05, 3.63) is 24.3 Å². The molecule has 3 unspecified atom stereocenters. The fourth-order valence-corrected chi connectivity index (χ4v) is 7.66. The number of hydrogen-bond donors (Lipinski definition) is 3. The van der Waals surface area contributed by atoms with Gasteiger partial charge in [-0.3, -0.25) is 9.59 Å². The highest BCUT2D eigenvalue weighted by Crippen LogP contribution is 2.17. The van der Waals surface area contributed by atoms with Crippen LogP contribution in [0.4, 0.5) is 0 Å². The van der Waals surface area contributed by atoms with Crippen molar-refractivity contribution in [1.29, 1.82) is 0 Å². The summed E-state index contributed by atoms with van der Waals surface area (Å²) in [6.45, 7) is 6.45. The molecule has 0 fully saturated rings. The van der Waals surface area contributed by atoms with Crippen molar-refractivity contribution in [1.82, 2.24) is 5.32 Å². The summed E-state index contributed by atoms with van der Waals surface area (Å²) < 4.78 is 5.90. The third-order valence-electron chi connectivity index (χ3n) is 11.5. The van der Waals surface area contributed by atoms with Crippen LogP contribution >= 0.6 is 0 Å². The van der Waals surface area contributed by atoms with Crippen LogP contribution in [0.25, 0.3) is 0 Å². The number of ether oxygens (including phenoxy) is 1. The number of amides is 1. The van der Waals surface area contributed by atoms with Crippen LogP contribution in [0.3, 0.4) is 0 Å². The Labute approximate surface area is 354 Å². The highest BCUT2D eigenvalue weighted by Gasteiger charge is 2.24. The molecule has 6 heteroatoms. The van der Waals surface area contributed by atoms with E-state index in [1.807, 2.05) is 0 Å². The molecule has 1 amide bonds. The Bertz CT molecular complexity index is 904. The van der Waals surface area contributed by atoms with E-state index in [1.54, 1.807) is 0 Å². The normalized spacial score (nSPS) is 13.4. The highest BCUT2D eigenvalue weighted by atomic mass is 16.5. The lowest BCUT2D eigenvalue weighted by atomic mass is 10.0. The predicted molar refractivity (Wildman–Crippen MR) is 246 cm³/mol. The molecule has 6 nitrogen and oxygen atoms in total. The van der Waals surface area contributed by atoms with Crippen molar-refractivity contribution >= 4 is 11.9 Å². The average molecular weight is 804 g/mol. The first-order valence-corrected chi connectivity index (χ1v) is 25.1. The number of aliphatic hydroxyl groups is 2. The van der Waals surface area contributed by atoms with Gasteiger partial charge in [0.15, 0.2) is 0 Å². The minimum Gasteiger partial charge on any atom is -0.462 e. The number of carbonyl (C=O) groups is 2. The minimum atomic E-state index is -0.791. The third kappa shape index (κ3) is 40.9. The number of unbranched alkanes of at least 4 members (excludes halogenated alkanes) is 29. The van der Waals surface area contributed by atoms with Gasteiger partial charge < -0.3 is 20.3 Å². The summed E-state index contributed by atoms with van der Waals surface area (Å²) in [7, 11) is 0. The second kappa shape index (κ2) is 45.4. The van der Waals surface area contributed by atoms with Crippen molar-refractivity contribution in [2.45, 2.75) is 283 Å². The maximum absolute atomic E-state index is 13.2. The van der Waals surface area contributed by atoms with Gasteiger partial charge in [0.25, 0.3) is 0 Å². The topological polar surface area (TPSA) is 95.9 Å². The van der Waals surface area contributed by atoms with E-state index in [2.05, 4.69) is 50.4 Å². The predicted octanol–water partition coefficient (Wildman–Crippen LogP) is 14.7. The number of rotatable bonds is 45. The maximum Gasteiger partial charge on any atom is 0.306 e. The number of aliphatic hydroxyl groups excluding tert-OH is 2. The van der Waals surface area contributed by atoms with Crippen LogP contribution in [-0.4, -0.2) is 46.9 Å². The van der Waals surface area contributed by atoms with Gasteiger partial charge in [-0.2, -0.15) is 0 Å². The van der Waals surface area contributed by atoms with Gasteiger partial charge in [0.2, 0.25) is 5.91 Å². The Balaban J connectivity index is 4.57. The highest BCUT2D eigenvalue weighted by molar-refractivity contribution is 5.77. The van der Waals surface area contributed by atoms with Gasteiger partial charge in [-0.05, 0) is 70.6 Å². The van der Waals surface area contributed by atoms with Crippen LogP contribution in [0, 0.1) is 0 Å². The number of nitrogens with one attached hydrogen (secondary N) is 1. The molecule has 0 aliphatic rings. The minimum absolute atomic E-state index is 0.0571. The number of hydrogen-bond acceptors (Lipinski definition) is 5. The molecular formula is C51H97NO5. The Kier molecular flexibility index (Phi) is 44.1. The van der Waals surface area contributed by atoms with Crippen LogP contribution in [0.1, 0.15) is 265 Å². The smallest absolute Gasteiger partial charge is 0.306 e. The molecule has 0 aromatic heterocycles. The molecule has 0 aromatic carbocycles. The first-order valence-electron chi connectivity index (χ1n) is 25.1. The van der Waals surface area contributed by atoms with Crippen molar-refractivity contribution in [2.24, 2.45) is 0 Å². The molecule has 0 aromatic rings. The summed E-state index contributed by atoms with van der Waals surface area (Å²) in [5, 5.41) is 23.7. The van der Waals surface area contributed by atoms with E-state index >= 15 is 0 Å². The molecule has 0 aliphatic heterocycles. The number of carbonyl (C=O) groups excluding carboxylic acids is 2. The molecule has 0 heterocycles. The molecule has 0 spiro atoms. The van der Waals surface area contributed by atoms with Gasteiger partial charge >= 0.3 is 5.97 Å². The van der Waals surface area contributed by atoms with E-state index in [1.165, 1.54) is 154 Å². The van der Waals surface area contributed by atoms with E-state index in [9.17, 15) is 19.8 Å². The number of allylic oxidation sites excluding steroid dienone is 4. The van der Waals surface area contributed by atoms with Crippen LogP contribution in [-0.2, 0) is 14.3 Å². The lowest BCUT2D eigenvalue weighted by Gasteiger charge is -2.24. The van der Waals surface area contributed by atoms with Crippen molar-refractivity contribution in [3.63, 3.8) is 0 Å². The zero-order chi connectivity index (χ0) is 41.7. The SMILES string of the molecule is CCCCC/C=C\CCCCCCCC(=O)OC(CCC/C=C\CCCCCCCCC)CC(=O)NC(CO)C(O)CCCCCCCCCCCCCCCC. The van der Waals surface area contributed by atoms with E-state index < -0.39 is 18.2 Å². The van der Waals surface area contributed by atoms with Crippen LogP contribution in [0.15, 0.2) is 24.3 Å². The molecule has 0 saturated heterocycles. The molecule has 3 N–H and O–H groups in total. The monoisotopic (exact) mass is 804 g/mol. The van der Waals surface area contributed by atoms with E-state index in [0.29, 0.717) is 19.3 Å². The lowest BCUT2D eigenvalue weighted by Crippen LogP contribution is -2.46. The molecule has 57 heavy (non-hydrogen) atoms. The summed E-state index contributed by atoms with van der Waals surface area (Å²) in [4.78, 5) is 26.0. The van der Waals surface area contributed by atoms with Crippen molar-refractivity contribution in [3.8, 4) is 0 Å². The summed E-state index contributed by atoms with van der Waals surface area (Å²) in [6, 6.07) is -0.707. The molecule has 336 valence electrons. The summed E-state index contributed by atoms with van der Waals surface area (Å²) in [6.07, 6.45) is 50.9. The third-order valence-corrected chi connectivity index (χ3v) is 11.5. The van der Waals surface area contributed by atoms with Gasteiger partial charge in [-0.1, -0.05) is 206 Å². The Morgan fingerprint density at radius 1 is 0.491 bits per heavy atom. The maximum atomic E-state index is 13.2. The quantitative estimate of drug-likeness (QED) is 0.0324. The standard InChI is InChI=1S/C51H97NO5/c1-4-7-10-13-16-19-22-25-26-28-31-34-37-40-43-49(54)48(46-53)52-50(55)45-47(42-39-36-33-30-27-23-20-17-14-11-8-5-2)57-51(56)44-41-38-35-32-29-24-21-18-15-12-9-6-3/h18,21,30,33,47-49,53-54H,4-17,19-20,22-29,31-32,34-46H2,1-3H3,(H,52,55)/b21-18-,33-30-. The van der Waals surface area contributed by atoms with Crippen LogP contribution in [0.5, 0.6) is 0 Å². The summed E-state index contributed by atoms with van der Waals surface area (Å²) >= 11 is 0. The lowest BCUT2D eigenvalue weighted by molar-refractivity contribution is -0.151. The second-order valence-electron chi connectivity index (χ2n) is 17.2. The Hall–Kier alpha value is -1.66. The van der Waals surface area contributed by atoms with Crippen molar-refractivity contribution in [2.75, 3.05) is 6.61 Å². The van der Waals surface area contributed by atoms with E-state index in [4.69, 9.17) is 4.74 Å². The molecule has 3 atom stereocenters. The molecule has 0 aliphatic carbocycles. The van der Waals surface area contributed by atoms with E-state index in [-0.39, 0.29) is 24.9 Å². The van der Waals surface area contributed by atoms with Gasteiger partial charge in [-0.15, -0.1) is 0 Å². The molecule has 0 bridgehead atoms. The number of esters is 1. The Morgan fingerprint density at radius 2 is 0.860 bits per heavy atom. The molecular weight excluding hydrogens is 707 g/mol. The zero-order valence-corrected chi connectivity index (χ0v) is 38.2. The van der Waals surface area contributed by atoms with Crippen molar-refractivity contribution < 1.29 is 24.5 Å².